The molecule has 0 aliphatic carbocycles. The summed E-state index contributed by atoms with van der Waals surface area (Å²) in [5.74, 6) is 0.313. The zero-order valence-corrected chi connectivity index (χ0v) is 16.9. The Morgan fingerprint density at radius 1 is 1.25 bits per heavy atom. The van der Waals surface area contributed by atoms with Gasteiger partial charge in [-0.05, 0) is 62.9 Å². The topological polar surface area (TPSA) is 62.6 Å². The fraction of sp³-hybridized carbons (Fsp3) is 0.478. The number of amides is 1. The van der Waals surface area contributed by atoms with E-state index < -0.39 is 5.63 Å². The highest BCUT2D eigenvalue weighted by atomic mass is 16.4. The third-order valence-corrected chi connectivity index (χ3v) is 5.56. The van der Waals surface area contributed by atoms with Crippen molar-refractivity contribution in [2.24, 2.45) is 0 Å². The minimum atomic E-state index is -0.536. The van der Waals surface area contributed by atoms with Gasteiger partial charge in [0.1, 0.15) is 11.3 Å². The van der Waals surface area contributed by atoms with Crippen molar-refractivity contribution in [2.75, 3.05) is 19.6 Å². The summed E-state index contributed by atoms with van der Waals surface area (Å²) < 4.78 is 5.44. The second-order valence-corrected chi connectivity index (χ2v) is 7.53. The Labute approximate surface area is 166 Å². The molecule has 1 aromatic heterocycles. The van der Waals surface area contributed by atoms with Crippen molar-refractivity contribution in [2.45, 2.75) is 52.0 Å². The number of hydrogen-bond acceptors (Lipinski definition) is 4. The first-order chi connectivity index (χ1) is 13.6. The zero-order chi connectivity index (χ0) is 19.9. The molecule has 5 heteroatoms. The van der Waals surface area contributed by atoms with Crippen molar-refractivity contribution >= 4 is 5.91 Å². The van der Waals surface area contributed by atoms with E-state index in [-0.39, 0.29) is 11.5 Å². The van der Waals surface area contributed by atoms with Crippen LogP contribution in [-0.2, 0) is 12.8 Å². The van der Waals surface area contributed by atoms with Crippen LogP contribution in [0.3, 0.4) is 0 Å². The van der Waals surface area contributed by atoms with Crippen molar-refractivity contribution in [3.63, 3.8) is 0 Å². The van der Waals surface area contributed by atoms with E-state index in [1.807, 2.05) is 24.3 Å². The monoisotopic (exact) mass is 382 g/mol. The maximum atomic E-state index is 12.6. The fourth-order valence-electron chi connectivity index (χ4n) is 4.02. The van der Waals surface area contributed by atoms with E-state index in [1.165, 1.54) is 5.56 Å². The Hall–Kier alpha value is -2.40. The average Bonchev–Trinajstić information content (AvgIpc) is 3.14. The van der Waals surface area contributed by atoms with Crippen LogP contribution in [0.25, 0.3) is 0 Å². The zero-order valence-electron chi connectivity index (χ0n) is 16.9. The van der Waals surface area contributed by atoms with Crippen LogP contribution in [0.2, 0.25) is 0 Å². The molecule has 1 saturated heterocycles. The molecule has 1 fully saturated rings. The van der Waals surface area contributed by atoms with Crippen molar-refractivity contribution in [3.05, 3.63) is 69.3 Å². The van der Waals surface area contributed by atoms with E-state index in [4.69, 9.17) is 4.42 Å². The predicted molar refractivity (Wildman–Crippen MR) is 111 cm³/mol. The maximum Gasteiger partial charge on any atom is 0.349 e. The summed E-state index contributed by atoms with van der Waals surface area (Å²) in [6, 6.07) is 12.4. The Bertz CT molecular complexity index is 845. The van der Waals surface area contributed by atoms with Gasteiger partial charge < -0.3 is 9.73 Å². The molecule has 0 bridgehead atoms. The number of nitrogens with zero attached hydrogens (tertiary/aromatic N) is 1. The third kappa shape index (κ3) is 5.10. The molecule has 2 aromatic rings. The van der Waals surface area contributed by atoms with Gasteiger partial charge in [-0.25, -0.2) is 4.79 Å². The van der Waals surface area contributed by atoms with Crippen LogP contribution < -0.4 is 10.9 Å². The molecule has 1 atom stereocenters. The molecule has 0 unspecified atom stereocenters. The number of aryl methyl sites for hydroxylation is 3. The first kappa shape index (κ1) is 20.3. The maximum absolute atomic E-state index is 12.6. The van der Waals surface area contributed by atoms with E-state index in [9.17, 15) is 9.59 Å². The summed E-state index contributed by atoms with van der Waals surface area (Å²) in [5.41, 5.74) is 1.55. The summed E-state index contributed by atoms with van der Waals surface area (Å²) in [6.07, 6.45) is 4.75. The first-order valence-corrected chi connectivity index (χ1v) is 10.3. The fourth-order valence-corrected chi connectivity index (χ4v) is 4.02. The molecule has 1 aromatic carbocycles. The van der Waals surface area contributed by atoms with Crippen molar-refractivity contribution in [1.29, 1.82) is 0 Å². The highest BCUT2D eigenvalue weighted by Crippen LogP contribution is 2.16. The van der Waals surface area contributed by atoms with Gasteiger partial charge in [-0.2, -0.15) is 0 Å². The van der Waals surface area contributed by atoms with Gasteiger partial charge in [0.25, 0.3) is 5.91 Å². The molecule has 5 nitrogen and oxygen atoms in total. The number of benzene rings is 1. The van der Waals surface area contributed by atoms with Gasteiger partial charge in [0.05, 0.1) is 0 Å². The number of carbonyl (C=O) groups excluding carboxylic acids is 1. The smallest absolute Gasteiger partial charge is 0.349 e. The van der Waals surface area contributed by atoms with E-state index in [1.54, 1.807) is 6.92 Å². The Morgan fingerprint density at radius 3 is 2.75 bits per heavy atom. The molecule has 150 valence electrons. The minimum Gasteiger partial charge on any atom is -0.427 e. The Balaban J connectivity index is 1.58. The van der Waals surface area contributed by atoms with Crippen LogP contribution in [0.1, 0.15) is 53.4 Å². The molecule has 0 saturated carbocycles. The second kappa shape index (κ2) is 9.69. The third-order valence-electron chi connectivity index (χ3n) is 5.56. The summed E-state index contributed by atoms with van der Waals surface area (Å²) >= 11 is 0. The molecule has 0 radical (unpaired) electrons. The molecular formula is C23H30N2O3. The Morgan fingerprint density at radius 2 is 2.04 bits per heavy atom. The van der Waals surface area contributed by atoms with Gasteiger partial charge in [-0.3, -0.25) is 9.69 Å². The Kier molecular flexibility index (Phi) is 7.04. The van der Waals surface area contributed by atoms with Gasteiger partial charge in [0.2, 0.25) is 0 Å². The molecule has 28 heavy (non-hydrogen) atoms. The molecule has 1 aliphatic heterocycles. The summed E-state index contributed by atoms with van der Waals surface area (Å²) in [7, 11) is 0. The summed E-state index contributed by atoms with van der Waals surface area (Å²) in [4.78, 5) is 27.3. The van der Waals surface area contributed by atoms with Gasteiger partial charge in [0, 0.05) is 19.0 Å². The van der Waals surface area contributed by atoms with E-state index in [2.05, 4.69) is 29.3 Å². The van der Waals surface area contributed by atoms with Crippen LogP contribution in [0, 0.1) is 6.92 Å². The van der Waals surface area contributed by atoms with Gasteiger partial charge in [-0.1, -0.05) is 37.3 Å². The molecule has 1 amide bonds. The number of likely N-dealkylation sites (tertiary alicyclic amines) is 1. The van der Waals surface area contributed by atoms with Crippen LogP contribution in [0.15, 0.2) is 45.6 Å². The van der Waals surface area contributed by atoms with E-state index in [0.717, 1.165) is 38.8 Å². The van der Waals surface area contributed by atoms with E-state index in [0.29, 0.717) is 30.3 Å². The quantitative estimate of drug-likeness (QED) is 0.761. The molecule has 2 heterocycles. The van der Waals surface area contributed by atoms with Crippen molar-refractivity contribution in [3.8, 4) is 0 Å². The van der Waals surface area contributed by atoms with Crippen molar-refractivity contribution in [1.82, 2.24) is 10.2 Å². The number of hydrogen-bond donors (Lipinski definition) is 1. The van der Waals surface area contributed by atoms with Crippen LogP contribution in [0.4, 0.5) is 0 Å². The average molecular weight is 383 g/mol. The lowest BCUT2D eigenvalue weighted by Crippen LogP contribution is -2.41. The predicted octanol–water partition coefficient (Wildman–Crippen LogP) is 3.34. The van der Waals surface area contributed by atoms with Crippen LogP contribution in [-0.4, -0.2) is 36.5 Å². The van der Waals surface area contributed by atoms with Crippen LogP contribution in [0.5, 0.6) is 0 Å². The highest BCUT2D eigenvalue weighted by molar-refractivity contribution is 5.95. The second-order valence-electron chi connectivity index (χ2n) is 7.53. The first-order valence-electron chi connectivity index (χ1n) is 10.3. The molecule has 1 N–H and O–H groups in total. The lowest BCUT2D eigenvalue weighted by molar-refractivity contribution is 0.0936. The highest BCUT2D eigenvalue weighted by Gasteiger charge is 2.24. The molecule has 0 spiro atoms. The summed E-state index contributed by atoms with van der Waals surface area (Å²) in [6.45, 7) is 6.58. The summed E-state index contributed by atoms with van der Waals surface area (Å²) in [5, 5.41) is 2.93. The number of rotatable bonds is 8. The lowest BCUT2D eigenvalue weighted by atomic mass is 10.1. The molecule has 1 aliphatic rings. The standard InChI is InChI=1S/C23H30N2O3/c1-3-25-14-8-12-19(25)16-24-22(26)21-17(2)15-20(28-23(21)27)13-7-11-18-9-5-4-6-10-18/h4-6,9-10,15,19H,3,7-8,11-14,16H2,1-2H3,(H,24,26)/t19-/m0/s1. The van der Waals surface area contributed by atoms with Crippen LogP contribution >= 0.6 is 0 Å². The number of carbonyl (C=O) groups is 1. The number of nitrogens with one attached hydrogen (secondary N) is 1. The SMILES string of the molecule is CCN1CCC[C@H]1CNC(=O)c1c(C)cc(CCCc2ccccc2)oc1=O. The van der Waals surface area contributed by atoms with Gasteiger partial charge in [-0.15, -0.1) is 0 Å². The molecular weight excluding hydrogens is 352 g/mol. The minimum absolute atomic E-state index is 0.132. The lowest BCUT2D eigenvalue weighted by Gasteiger charge is -2.22. The van der Waals surface area contributed by atoms with Gasteiger partial charge >= 0.3 is 5.63 Å². The molecule has 3 rings (SSSR count). The number of likely N-dealkylation sites (N-methyl/N-ethyl adjacent to an activating group) is 1. The van der Waals surface area contributed by atoms with E-state index >= 15 is 0 Å². The largest absolute Gasteiger partial charge is 0.427 e. The van der Waals surface area contributed by atoms with Crippen molar-refractivity contribution < 1.29 is 9.21 Å². The van der Waals surface area contributed by atoms with Gasteiger partial charge in [0.15, 0.2) is 0 Å². The normalized spacial score (nSPS) is 17.0.